The summed E-state index contributed by atoms with van der Waals surface area (Å²) >= 11 is 11.8. The monoisotopic (exact) mass is 466 g/mol. The van der Waals surface area contributed by atoms with E-state index in [-0.39, 0.29) is 11.8 Å². The Bertz CT molecular complexity index is 1080. The highest BCUT2D eigenvalue weighted by molar-refractivity contribution is 6.31. The maximum atomic E-state index is 12.3. The van der Waals surface area contributed by atoms with Crippen LogP contribution < -0.4 is 10.9 Å². The molecule has 0 aliphatic rings. The van der Waals surface area contributed by atoms with Gasteiger partial charge < -0.3 is 0 Å². The summed E-state index contributed by atoms with van der Waals surface area (Å²) in [4.78, 5) is 24.7. The van der Waals surface area contributed by atoms with Gasteiger partial charge in [0, 0.05) is 21.2 Å². The first-order valence-electron chi connectivity index (χ1n) is 9.64. The molecule has 0 spiro atoms. The van der Waals surface area contributed by atoms with E-state index in [1.807, 2.05) is 24.3 Å². The molecule has 0 heterocycles. The van der Waals surface area contributed by atoms with Gasteiger partial charge in [0.15, 0.2) is 0 Å². The van der Waals surface area contributed by atoms with Gasteiger partial charge in [-0.25, -0.2) is 10.9 Å². The number of nitrogens with zero attached hydrogens (tertiary/aromatic N) is 2. The number of carbonyl (C=O) groups is 2. The lowest BCUT2D eigenvalue weighted by atomic mass is 10.1. The molecule has 0 bridgehead atoms. The van der Waals surface area contributed by atoms with Crippen molar-refractivity contribution < 1.29 is 9.59 Å². The summed E-state index contributed by atoms with van der Waals surface area (Å²) in [5.41, 5.74) is 8.72. The first-order valence-corrected chi connectivity index (χ1v) is 10.4. The highest BCUT2D eigenvalue weighted by Crippen LogP contribution is 2.11. The fraction of sp³-hybridized carbons (Fsp3) is 0.0833. The predicted octanol–water partition coefficient (Wildman–Crippen LogP) is 5.30. The molecule has 0 aromatic heterocycles. The number of rotatable bonds is 6. The van der Waals surface area contributed by atoms with Crippen molar-refractivity contribution in [3.8, 4) is 0 Å². The molecule has 0 aliphatic heterocycles. The molecule has 0 fully saturated rings. The van der Waals surface area contributed by atoms with Gasteiger partial charge in [0.2, 0.25) is 0 Å². The molecule has 8 heteroatoms. The minimum atomic E-state index is -0.387. The van der Waals surface area contributed by atoms with Gasteiger partial charge in [0.05, 0.1) is 11.4 Å². The van der Waals surface area contributed by atoms with Crippen LogP contribution in [0.4, 0.5) is 0 Å². The lowest BCUT2D eigenvalue weighted by Gasteiger charge is -2.05. The van der Waals surface area contributed by atoms with E-state index in [2.05, 4.69) is 21.1 Å². The van der Waals surface area contributed by atoms with Gasteiger partial charge in [0.25, 0.3) is 11.8 Å². The molecule has 3 aromatic rings. The maximum Gasteiger partial charge on any atom is 0.271 e. The van der Waals surface area contributed by atoms with E-state index in [1.165, 1.54) is 0 Å². The van der Waals surface area contributed by atoms with Gasteiger partial charge in [-0.3, -0.25) is 9.59 Å². The lowest BCUT2D eigenvalue weighted by Crippen LogP contribution is -2.21. The fourth-order valence-corrected chi connectivity index (χ4v) is 2.93. The topological polar surface area (TPSA) is 82.9 Å². The van der Waals surface area contributed by atoms with Gasteiger partial charge >= 0.3 is 0 Å². The van der Waals surface area contributed by atoms with Crippen LogP contribution in [0, 0.1) is 0 Å². The Morgan fingerprint density at radius 2 is 0.844 bits per heavy atom. The average molecular weight is 467 g/mol. The minimum absolute atomic E-state index is 0.370. The average Bonchev–Trinajstić information content (AvgIpc) is 2.81. The molecule has 0 radical (unpaired) electrons. The summed E-state index contributed by atoms with van der Waals surface area (Å²) in [7, 11) is 0. The first kappa shape index (κ1) is 23.2. The minimum Gasteiger partial charge on any atom is -0.267 e. The second-order valence-corrected chi connectivity index (χ2v) is 7.74. The lowest BCUT2D eigenvalue weighted by molar-refractivity contribution is 0.0943. The van der Waals surface area contributed by atoms with Crippen LogP contribution in [0.2, 0.25) is 10.0 Å². The molecule has 2 N–H and O–H groups in total. The van der Waals surface area contributed by atoms with E-state index in [0.717, 1.165) is 11.1 Å². The highest BCUT2D eigenvalue weighted by atomic mass is 35.5. The SMILES string of the molecule is C/C(=N/NC(=O)c1ccc(C(=O)N/N=C(\C)c2ccc(Cl)cc2)cc1)c1ccc(Cl)cc1. The van der Waals surface area contributed by atoms with Crippen molar-refractivity contribution in [3.05, 3.63) is 105 Å². The first-order chi connectivity index (χ1) is 15.3. The van der Waals surface area contributed by atoms with Crippen molar-refractivity contribution in [1.29, 1.82) is 0 Å². The van der Waals surface area contributed by atoms with Crippen LogP contribution in [0.15, 0.2) is 83.0 Å². The standard InChI is InChI=1S/C24H20Cl2N4O2/c1-15(17-7-11-21(25)12-8-17)27-29-23(31)19-3-5-20(6-4-19)24(32)30-28-16(2)18-9-13-22(26)14-10-18/h3-14H,1-2H3,(H,29,31)(H,30,32)/b27-15-,28-16+. The predicted molar refractivity (Wildman–Crippen MR) is 129 cm³/mol. The molecule has 3 aromatic carbocycles. The van der Waals surface area contributed by atoms with E-state index in [0.29, 0.717) is 32.6 Å². The quantitative estimate of drug-likeness (QED) is 0.381. The summed E-state index contributed by atoms with van der Waals surface area (Å²) < 4.78 is 0. The van der Waals surface area contributed by atoms with Crippen LogP contribution >= 0.6 is 23.2 Å². The molecular weight excluding hydrogens is 447 g/mol. The molecule has 2 amide bonds. The number of nitrogens with one attached hydrogen (secondary N) is 2. The summed E-state index contributed by atoms with van der Waals surface area (Å²) in [5.74, 6) is -0.774. The van der Waals surface area contributed by atoms with Crippen molar-refractivity contribution in [1.82, 2.24) is 10.9 Å². The van der Waals surface area contributed by atoms with E-state index in [4.69, 9.17) is 23.2 Å². The molecule has 0 saturated heterocycles. The van der Waals surface area contributed by atoms with Crippen LogP contribution in [-0.2, 0) is 0 Å². The second-order valence-electron chi connectivity index (χ2n) is 6.87. The van der Waals surface area contributed by atoms with Gasteiger partial charge in [0.1, 0.15) is 0 Å². The van der Waals surface area contributed by atoms with Crippen molar-refractivity contribution in [2.45, 2.75) is 13.8 Å². The van der Waals surface area contributed by atoms with Gasteiger partial charge in [-0.15, -0.1) is 0 Å². The van der Waals surface area contributed by atoms with E-state index in [9.17, 15) is 9.59 Å². The zero-order valence-corrected chi connectivity index (χ0v) is 18.9. The summed E-state index contributed by atoms with van der Waals surface area (Å²) in [6.07, 6.45) is 0. The maximum absolute atomic E-state index is 12.3. The smallest absolute Gasteiger partial charge is 0.267 e. The van der Waals surface area contributed by atoms with Crippen LogP contribution in [0.3, 0.4) is 0 Å². The van der Waals surface area contributed by atoms with Crippen molar-refractivity contribution in [2.24, 2.45) is 10.2 Å². The van der Waals surface area contributed by atoms with E-state index in [1.54, 1.807) is 62.4 Å². The van der Waals surface area contributed by atoms with Crippen LogP contribution in [0.1, 0.15) is 45.7 Å². The molecule has 0 aliphatic carbocycles. The van der Waals surface area contributed by atoms with Gasteiger partial charge in [-0.2, -0.15) is 10.2 Å². The molecule has 6 nitrogen and oxygen atoms in total. The summed E-state index contributed by atoms with van der Waals surface area (Å²) in [6, 6.07) is 20.5. The molecule has 3 rings (SSSR count). The fourth-order valence-electron chi connectivity index (χ4n) is 2.68. The number of carbonyl (C=O) groups excluding carboxylic acids is 2. The molecule has 162 valence electrons. The summed E-state index contributed by atoms with van der Waals surface area (Å²) in [5, 5.41) is 9.47. The normalized spacial score (nSPS) is 11.8. The third-order valence-corrected chi connectivity index (χ3v) is 5.09. The van der Waals surface area contributed by atoms with Gasteiger partial charge in [-0.1, -0.05) is 47.5 Å². The summed E-state index contributed by atoms with van der Waals surface area (Å²) in [6.45, 7) is 3.56. The van der Waals surface area contributed by atoms with E-state index < -0.39 is 0 Å². The largest absolute Gasteiger partial charge is 0.271 e. The van der Waals surface area contributed by atoms with Crippen molar-refractivity contribution in [3.63, 3.8) is 0 Å². The van der Waals surface area contributed by atoms with Crippen molar-refractivity contribution >= 4 is 46.4 Å². The number of halogens is 2. The molecule has 32 heavy (non-hydrogen) atoms. The molecular formula is C24H20Cl2N4O2. The second kappa shape index (κ2) is 10.7. The zero-order valence-electron chi connectivity index (χ0n) is 17.4. The Morgan fingerprint density at radius 1 is 0.562 bits per heavy atom. The van der Waals surface area contributed by atoms with Crippen LogP contribution in [0.5, 0.6) is 0 Å². The number of hydrogen-bond donors (Lipinski definition) is 2. The van der Waals surface area contributed by atoms with E-state index >= 15 is 0 Å². The Kier molecular flexibility index (Phi) is 7.76. The van der Waals surface area contributed by atoms with Gasteiger partial charge in [-0.05, 0) is 73.5 Å². The number of hydrogen-bond acceptors (Lipinski definition) is 4. The van der Waals surface area contributed by atoms with Crippen LogP contribution in [-0.4, -0.2) is 23.2 Å². The molecule has 0 atom stereocenters. The Labute approximate surface area is 195 Å². The van der Waals surface area contributed by atoms with Crippen molar-refractivity contribution in [2.75, 3.05) is 0 Å². The number of hydrazone groups is 2. The highest BCUT2D eigenvalue weighted by Gasteiger charge is 2.09. The molecule has 0 unspecified atom stereocenters. The zero-order chi connectivity index (χ0) is 23.1. The third kappa shape index (κ3) is 6.26. The Morgan fingerprint density at radius 3 is 1.16 bits per heavy atom. The number of benzene rings is 3. The van der Waals surface area contributed by atoms with Crippen LogP contribution in [0.25, 0.3) is 0 Å². The molecule has 0 saturated carbocycles. The Hall–Kier alpha value is -3.48. The third-order valence-electron chi connectivity index (χ3n) is 4.58. The Balaban J connectivity index is 1.59. The number of amides is 2.